The number of nitrogens with two attached hydrogens (primary N) is 1. The Morgan fingerprint density at radius 2 is 2.00 bits per heavy atom. The number of nitrogens with one attached hydrogen (secondary N) is 2. The molecule has 1 rings (SSSR count). The molecule has 0 aliphatic rings. The Labute approximate surface area is 125 Å². The largest absolute Gasteiger partial charge is 0.374 e. The molecule has 118 valence electrons. The van der Waals surface area contributed by atoms with Crippen LogP contribution in [0.4, 0.5) is 11.6 Å². The maximum atomic E-state index is 11.1. The molecule has 7 nitrogen and oxygen atoms in total. The normalized spacial score (nSPS) is 11.2. The minimum atomic E-state index is -0.480. The number of hydrogen-bond acceptors (Lipinski definition) is 6. The predicted molar refractivity (Wildman–Crippen MR) is 83.0 cm³/mol. The van der Waals surface area contributed by atoms with Crippen LogP contribution in [0.2, 0.25) is 0 Å². The van der Waals surface area contributed by atoms with Crippen LogP contribution in [0, 0.1) is 0 Å². The van der Waals surface area contributed by atoms with Crippen molar-refractivity contribution in [1.82, 2.24) is 9.97 Å². The van der Waals surface area contributed by atoms with Crippen molar-refractivity contribution in [3.05, 3.63) is 11.9 Å². The molecule has 0 aliphatic carbocycles. The van der Waals surface area contributed by atoms with Gasteiger partial charge < -0.3 is 21.1 Å². The van der Waals surface area contributed by atoms with Crippen molar-refractivity contribution in [3.63, 3.8) is 0 Å². The van der Waals surface area contributed by atoms with Gasteiger partial charge in [0.05, 0.1) is 0 Å². The van der Waals surface area contributed by atoms with Crippen LogP contribution < -0.4 is 16.4 Å². The molecule has 21 heavy (non-hydrogen) atoms. The van der Waals surface area contributed by atoms with Gasteiger partial charge in [-0.3, -0.25) is 4.79 Å². The van der Waals surface area contributed by atoms with Gasteiger partial charge in [0.25, 0.3) is 0 Å². The molecule has 7 heteroatoms. The summed E-state index contributed by atoms with van der Waals surface area (Å²) in [5.41, 5.74) is 4.78. The molecule has 0 unspecified atom stereocenters. The van der Waals surface area contributed by atoms with Gasteiger partial charge in [-0.25, -0.2) is 9.97 Å². The molecule has 0 saturated heterocycles. The number of hydrogen-bond donors (Lipinski definition) is 3. The molecular weight excluding hydrogens is 270 g/mol. The highest BCUT2D eigenvalue weighted by atomic mass is 16.5. The molecule has 0 aromatic carbocycles. The van der Waals surface area contributed by atoms with Gasteiger partial charge in [0.2, 0.25) is 5.91 Å². The molecule has 1 heterocycles. The summed E-state index contributed by atoms with van der Waals surface area (Å²) < 4.78 is 5.35. The molecule has 0 aliphatic heterocycles. The van der Waals surface area contributed by atoms with E-state index in [0.717, 1.165) is 12.4 Å². The van der Waals surface area contributed by atoms with Gasteiger partial charge in [0.1, 0.15) is 18.2 Å². The van der Waals surface area contributed by atoms with Crippen molar-refractivity contribution in [2.45, 2.75) is 46.3 Å². The summed E-state index contributed by atoms with van der Waals surface area (Å²) in [6.45, 7) is 9.42. The van der Waals surface area contributed by atoms with Crippen LogP contribution in [-0.2, 0) is 16.1 Å². The van der Waals surface area contributed by atoms with Crippen LogP contribution >= 0.6 is 0 Å². The van der Waals surface area contributed by atoms with E-state index in [-0.39, 0.29) is 12.3 Å². The van der Waals surface area contributed by atoms with E-state index in [0.29, 0.717) is 24.9 Å². The number of anilines is 2. The highest BCUT2D eigenvalue weighted by Crippen LogP contribution is 2.19. The summed E-state index contributed by atoms with van der Waals surface area (Å²) in [7, 11) is 0. The fraction of sp³-hybridized carbons (Fsp3) is 0.643. The Bertz CT molecular complexity index is 476. The first kappa shape index (κ1) is 17.2. The summed E-state index contributed by atoms with van der Waals surface area (Å²) in [6, 6.07) is 1.81. The summed E-state index contributed by atoms with van der Waals surface area (Å²) in [5.74, 6) is 1.59. The summed E-state index contributed by atoms with van der Waals surface area (Å²) in [5, 5.41) is 6.37. The van der Waals surface area contributed by atoms with Gasteiger partial charge in [-0.1, -0.05) is 0 Å². The molecule has 1 aromatic heterocycles. The Morgan fingerprint density at radius 3 is 2.57 bits per heavy atom. The summed E-state index contributed by atoms with van der Waals surface area (Å²) in [4.78, 5) is 19.9. The fourth-order valence-electron chi connectivity index (χ4n) is 1.92. The van der Waals surface area contributed by atoms with Gasteiger partial charge in [-0.15, -0.1) is 0 Å². The molecule has 4 N–H and O–H groups in total. The SMILES string of the molecule is CCNc1cc(NC(C)(C)CC(N)=O)nc(COCC)n1. The molecule has 0 fully saturated rings. The van der Waals surface area contributed by atoms with Gasteiger partial charge in [-0.2, -0.15) is 0 Å². The van der Waals surface area contributed by atoms with E-state index in [1.54, 1.807) is 0 Å². The van der Waals surface area contributed by atoms with Crippen LogP contribution in [0.5, 0.6) is 0 Å². The number of nitrogens with zero attached hydrogens (tertiary/aromatic N) is 2. The third-order valence-corrected chi connectivity index (χ3v) is 2.65. The standard InChI is InChI=1S/C14H25N5O2/c1-5-16-11-7-12(18-13(17-11)9-21-6-2)19-14(3,4)8-10(15)20/h7H,5-6,8-9H2,1-4H3,(H2,15,20)(H2,16,17,18,19). The highest BCUT2D eigenvalue weighted by molar-refractivity contribution is 5.75. The number of primary amides is 1. The molecule has 0 radical (unpaired) electrons. The average Bonchev–Trinajstić information content (AvgIpc) is 2.34. The topological polar surface area (TPSA) is 102 Å². The van der Waals surface area contributed by atoms with Crippen molar-refractivity contribution < 1.29 is 9.53 Å². The number of amides is 1. The van der Waals surface area contributed by atoms with Gasteiger partial charge in [0, 0.05) is 31.2 Å². The molecule has 0 atom stereocenters. The third-order valence-electron chi connectivity index (χ3n) is 2.65. The van der Waals surface area contributed by atoms with Crippen molar-refractivity contribution in [2.24, 2.45) is 5.73 Å². The van der Waals surface area contributed by atoms with E-state index in [4.69, 9.17) is 10.5 Å². The predicted octanol–water partition coefficient (Wildman–Crippen LogP) is 1.51. The number of rotatable bonds is 9. The Balaban J connectivity index is 2.93. The smallest absolute Gasteiger partial charge is 0.219 e. The first-order valence-electron chi connectivity index (χ1n) is 7.12. The molecule has 0 bridgehead atoms. The Kier molecular flexibility index (Phi) is 6.36. The zero-order valence-electron chi connectivity index (χ0n) is 13.2. The minimum Gasteiger partial charge on any atom is -0.374 e. The molecule has 1 amide bonds. The second kappa shape index (κ2) is 7.78. The average molecular weight is 295 g/mol. The van der Waals surface area contributed by atoms with Crippen LogP contribution in [0.25, 0.3) is 0 Å². The zero-order chi connectivity index (χ0) is 15.9. The van der Waals surface area contributed by atoms with E-state index in [9.17, 15) is 4.79 Å². The highest BCUT2D eigenvalue weighted by Gasteiger charge is 2.21. The monoisotopic (exact) mass is 295 g/mol. The van der Waals surface area contributed by atoms with Crippen LogP contribution in [0.15, 0.2) is 6.07 Å². The van der Waals surface area contributed by atoms with E-state index in [1.807, 2.05) is 33.8 Å². The van der Waals surface area contributed by atoms with E-state index in [2.05, 4.69) is 20.6 Å². The summed E-state index contributed by atoms with van der Waals surface area (Å²) in [6.07, 6.45) is 0.217. The molecule has 0 saturated carbocycles. The molecule has 0 spiro atoms. The van der Waals surface area contributed by atoms with Crippen LogP contribution in [0.1, 0.15) is 39.9 Å². The second-order valence-electron chi connectivity index (χ2n) is 5.37. The maximum absolute atomic E-state index is 11.1. The van der Waals surface area contributed by atoms with Crippen molar-refractivity contribution >= 4 is 17.5 Å². The lowest BCUT2D eigenvalue weighted by Gasteiger charge is -2.25. The minimum absolute atomic E-state index is 0.217. The quantitative estimate of drug-likeness (QED) is 0.638. The van der Waals surface area contributed by atoms with Gasteiger partial charge >= 0.3 is 0 Å². The first-order chi connectivity index (χ1) is 9.86. The lowest BCUT2D eigenvalue weighted by molar-refractivity contribution is -0.118. The lowest BCUT2D eigenvalue weighted by atomic mass is 10.0. The number of ether oxygens (including phenoxy) is 1. The first-order valence-corrected chi connectivity index (χ1v) is 7.12. The van der Waals surface area contributed by atoms with E-state index >= 15 is 0 Å². The number of aromatic nitrogens is 2. The molecular formula is C14H25N5O2. The third kappa shape index (κ3) is 6.40. The van der Waals surface area contributed by atoms with Crippen molar-refractivity contribution in [2.75, 3.05) is 23.8 Å². The van der Waals surface area contributed by atoms with E-state index < -0.39 is 5.54 Å². The van der Waals surface area contributed by atoms with Gasteiger partial charge in [0.15, 0.2) is 5.82 Å². The Morgan fingerprint density at radius 1 is 1.33 bits per heavy atom. The van der Waals surface area contributed by atoms with Crippen LogP contribution in [0.3, 0.4) is 0 Å². The lowest BCUT2D eigenvalue weighted by Crippen LogP contribution is -2.36. The number of carbonyl (C=O) groups is 1. The maximum Gasteiger partial charge on any atom is 0.219 e. The van der Waals surface area contributed by atoms with Crippen LogP contribution in [-0.4, -0.2) is 34.6 Å². The van der Waals surface area contributed by atoms with Gasteiger partial charge in [-0.05, 0) is 27.7 Å². The van der Waals surface area contributed by atoms with E-state index in [1.165, 1.54) is 0 Å². The Hall–Kier alpha value is -1.89. The molecule has 1 aromatic rings. The zero-order valence-corrected chi connectivity index (χ0v) is 13.2. The van der Waals surface area contributed by atoms with Crippen molar-refractivity contribution in [1.29, 1.82) is 0 Å². The van der Waals surface area contributed by atoms with Crippen molar-refractivity contribution in [3.8, 4) is 0 Å². The number of carbonyl (C=O) groups excluding carboxylic acids is 1. The second-order valence-corrected chi connectivity index (χ2v) is 5.37. The fourth-order valence-corrected chi connectivity index (χ4v) is 1.92. The summed E-state index contributed by atoms with van der Waals surface area (Å²) >= 11 is 0.